The van der Waals surface area contributed by atoms with Crippen molar-refractivity contribution >= 4 is 6.09 Å². The van der Waals surface area contributed by atoms with Gasteiger partial charge in [0, 0.05) is 5.41 Å². The molecule has 0 heterocycles. The predicted octanol–water partition coefficient (Wildman–Crippen LogP) is 4.38. The van der Waals surface area contributed by atoms with Gasteiger partial charge in [-0.15, -0.1) is 0 Å². The number of primary amides is 1. The summed E-state index contributed by atoms with van der Waals surface area (Å²) in [5.74, 6) is 0. The maximum Gasteiger partial charge on any atom is 0.405 e. The summed E-state index contributed by atoms with van der Waals surface area (Å²) < 4.78 is 5.40. The highest BCUT2D eigenvalue weighted by Gasteiger charge is 2.41. The van der Waals surface area contributed by atoms with Crippen molar-refractivity contribution in [2.24, 2.45) is 11.1 Å². The number of rotatable bonds is 2. The van der Waals surface area contributed by atoms with E-state index in [4.69, 9.17) is 10.5 Å². The molecule has 22 heavy (non-hydrogen) atoms. The third-order valence-electron chi connectivity index (χ3n) is 4.40. The number of hydrogen-bond donors (Lipinski definition) is 1. The Hall–Kier alpha value is -2.29. The quantitative estimate of drug-likeness (QED) is 0.893. The fourth-order valence-electron chi connectivity index (χ4n) is 3.27. The van der Waals surface area contributed by atoms with Gasteiger partial charge in [0.1, 0.15) is 6.10 Å². The van der Waals surface area contributed by atoms with Gasteiger partial charge >= 0.3 is 6.09 Å². The van der Waals surface area contributed by atoms with Crippen LogP contribution in [0.4, 0.5) is 4.79 Å². The minimum atomic E-state index is -0.716. The van der Waals surface area contributed by atoms with E-state index >= 15 is 0 Å². The molecule has 0 saturated heterocycles. The van der Waals surface area contributed by atoms with Crippen LogP contribution in [0.1, 0.15) is 36.6 Å². The molecule has 3 nitrogen and oxygen atoms in total. The van der Waals surface area contributed by atoms with E-state index in [1.165, 1.54) is 11.1 Å². The van der Waals surface area contributed by atoms with Gasteiger partial charge in [-0.3, -0.25) is 0 Å². The SMILES string of the molecule is Cc1ccc(-c2ccc3c(c2)C(OC(N)=O)C(C)(C)C3)cc1. The lowest BCUT2D eigenvalue weighted by atomic mass is 9.87. The Kier molecular flexibility index (Phi) is 3.44. The van der Waals surface area contributed by atoms with Crippen LogP contribution in [0.2, 0.25) is 0 Å². The number of benzene rings is 2. The summed E-state index contributed by atoms with van der Waals surface area (Å²) in [4.78, 5) is 11.2. The van der Waals surface area contributed by atoms with E-state index < -0.39 is 6.09 Å². The highest BCUT2D eigenvalue weighted by Crippen LogP contribution is 2.48. The number of amides is 1. The van der Waals surface area contributed by atoms with Crippen molar-refractivity contribution in [1.29, 1.82) is 0 Å². The number of nitrogens with two attached hydrogens (primary N) is 1. The van der Waals surface area contributed by atoms with Crippen molar-refractivity contribution in [3.8, 4) is 11.1 Å². The van der Waals surface area contributed by atoms with Crippen LogP contribution in [0.3, 0.4) is 0 Å². The molecule has 0 aliphatic heterocycles. The highest BCUT2D eigenvalue weighted by atomic mass is 16.6. The molecule has 3 rings (SSSR count). The second-order valence-electron chi connectivity index (χ2n) is 6.76. The van der Waals surface area contributed by atoms with Crippen LogP contribution >= 0.6 is 0 Å². The van der Waals surface area contributed by atoms with Gasteiger partial charge in [-0.25, -0.2) is 4.79 Å². The Morgan fingerprint density at radius 1 is 1.14 bits per heavy atom. The molecule has 1 atom stereocenters. The van der Waals surface area contributed by atoms with Gasteiger partial charge in [0.2, 0.25) is 0 Å². The van der Waals surface area contributed by atoms with Crippen molar-refractivity contribution in [3.05, 3.63) is 59.2 Å². The third-order valence-corrected chi connectivity index (χ3v) is 4.40. The normalized spacial score (nSPS) is 18.8. The van der Waals surface area contributed by atoms with Crippen LogP contribution in [-0.4, -0.2) is 6.09 Å². The minimum Gasteiger partial charge on any atom is -0.441 e. The first-order valence-electron chi connectivity index (χ1n) is 7.53. The molecule has 2 aromatic rings. The molecule has 0 aromatic heterocycles. The van der Waals surface area contributed by atoms with Gasteiger partial charge < -0.3 is 10.5 Å². The number of carbonyl (C=O) groups is 1. The molecule has 1 amide bonds. The molecule has 0 fully saturated rings. The molecule has 0 radical (unpaired) electrons. The predicted molar refractivity (Wildman–Crippen MR) is 87.5 cm³/mol. The summed E-state index contributed by atoms with van der Waals surface area (Å²) in [7, 11) is 0. The maximum atomic E-state index is 11.2. The Morgan fingerprint density at radius 3 is 2.41 bits per heavy atom. The number of aryl methyl sites for hydroxylation is 1. The lowest BCUT2D eigenvalue weighted by Crippen LogP contribution is -2.25. The second-order valence-corrected chi connectivity index (χ2v) is 6.76. The molecule has 1 aliphatic carbocycles. The molecule has 1 unspecified atom stereocenters. The van der Waals surface area contributed by atoms with E-state index in [0.29, 0.717) is 0 Å². The Balaban J connectivity index is 2.03. The molecule has 0 saturated carbocycles. The smallest absolute Gasteiger partial charge is 0.405 e. The summed E-state index contributed by atoms with van der Waals surface area (Å²) >= 11 is 0. The zero-order chi connectivity index (χ0) is 15.9. The van der Waals surface area contributed by atoms with Crippen molar-refractivity contribution in [2.45, 2.75) is 33.3 Å². The first-order valence-corrected chi connectivity index (χ1v) is 7.53. The van der Waals surface area contributed by atoms with Crippen molar-refractivity contribution < 1.29 is 9.53 Å². The molecule has 0 spiro atoms. The number of ether oxygens (including phenoxy) is 1. The highest BCUT2D eigenvalue weighted by molar-refractivity contribution is 5.68. The van der Waals surface area contributed by atoms with Crippen LogP contribution in [-0.2, 0) is 11.2 Å². The monoisotopic (exact) mass is 295 g/mol. The van der Waals surface area contributed by atoms with Gasteiger partial charge in [0.15, 0.2) is 0 Å². The first-order chi connectivity index (χ1) is 10.4. The summed E-state index contributed by atoms with van der Waals surface area (Å²) in [6.45, 7) is 6.28. The van der Waals surface area contributed by atoms with E-state index in [2.05, 4.69) is 63.2 Å². The maximum absolute atomic E-state index is 11.2. The standard InChI is InChI=1S/C19H21NO2/c1-12-4-6-13(7-5-12)14-8-9-15-11-19(2,3)17(16(15)10-14)22-18(20)21/h4-10,17H,11H2,1-3H3,(H2,20,21). The number of hydrogen-bond acceptors (Lipinski definition) is 2. The summed E-state index contributed by atoms with van der Waals surface area (Å²) in [5, 5.41) is 0. The average Bonchev–Trinajstić information content (AvgIpc) is 2.69. The van der Waals surface area contributed by atoms with Gasteiger partial charge in [-0.2, -0.15) is 0 Å². The number of carbonyl (C=O) groups excluding carboxylic acids is 1. The van der Waals surface area contributed by atoms with Crippen molar-refractivity contribution in [2.75, 3.05) is 0 Å². The molecule has 1 aliphatic rings. The van der Waals surface area contributed by atoms with Gasteiger partial charge in [0.25, 0.3) is 0 Å². The van der Waals surface area contributed by atoms with Crippen molar-refractivity contribution in [3.63, 3.8) is 0 Å². The Morgan fingerprint density at radius 2 is 1.77 bits per heavy atom. The molecule has 2 N–H and O–H groups in total. The van der Waals surface area contributed by atoms with Crippen LogP contribution in [0.25, 0.3) is 11.1 Å². The topological polar surface area (TPSA) is 52.3 Å². The summed E-state index contributed by atoms with van der Waals surface area (Å²) in [6.07, 6.45) is -0.119. The number of fused-ring (bicyclic) bond motifs is 1. The molecule has 2 aromatic carbocycles. The van der Waals surface area contributed by atoms with E-state index in [9.17, 15) is 4.79 Å². The molecule has 3 heteroatoms. The van der Waals surface area contributed by atoms with Crippen LogP contribution in [0, 0.1) is 12.3 Å². The van der Waals surface area contributed by atoms with E-state index in [1.807, 2.05) is 0 Å². The lowest BCUT2D eigenvalue weighted by molar-refractivity contribution is 0.0392. The second kappa shape index (κ2) is 5.16. The lowest BCUT2D eigenvalue weighted by Gasteiger charge is -2.26. The fourth-order valence-corrected chi connectivity index (χ4v) is 3.27. The summed E-state index contributed by atoms with van der Waals surface area (Å²) in [6, 6.07) is 14.8. The molecular weight excluding hydrogens is 274 g/mol. The largest absolute Gasteiger partial charge is 0.441 e. The molecular formula is C19H21NO2. The van der Waals surface area contributed by atoms with Crippen LogP contribution in [0.5, 0.6) is 0 Å². The Bertz CT molecular complexity index is 717. The van der Waals surface area contributed by atoms with E-state index in [-0.39, 0.29) is 11.5 Å². The summed E-state index contributed by atoms with van der Waals surface area (Å²) in [5.41, 5.74) is 11.0. The van der Waals surface area contributed by atoms with Gasteiger partial charge in [-0.1, -0.05) is 55.8 Å². The zero-order valence-corrected chi connectivity index (χ0v) is 13.2. The fraction of sp³-hybridized carbons (Fsp3) is 0.316. The van der Waals surface area contributed by atoms with Crippen molar-refractivity contribution in [1.82, 2.24) is 0 Å². The first kappa shape index (κ1) is 14.6. The molecule has 114 valence electrons. The molecule has 0 bridgehead atoms. The average molecular weight is 295 g/mol. The van der Waals surface area contributed by atoms with Gasteiger partial charge in [-0.05, 0) is 41.7 Å². The van der Waals surface area contributed by atoms with E-state index in [1.54, 1.807) is 0 Å². The third kappa shape index (κ3) is 2.59. The van der Waals surface area contributed by atoms with Crippen LogP contribution in [0.15, 0.2) is 42.5 Å². The van der Waals surface area contributed by atoms with Crippen LogP contribution < -0.4 is 5.73 Å². The zero-order valence-electron chi connectivity index (χ0n) is 13.2. The van der Waals surface area contributed by atoms with Gasteiger partial charge in [0.05, 0.1) is 0 Å². The Labute approximate surface area is 131 Å². The minimum absolute atomic E-state index is 0.136. The van der Waals surface area contributed by atoms with E-state index in [0.717, 1.165) is 23.1 Å².